The number of anilines is 1. The van der Waals surface area contributed by atoms with E-state index < -0.39 is 0 Å². The van der Waals surface area contributed by atoms with Gasteiger partial charge in [0.05, 0.1) is 26.5 Å². The summed E-state index contributed by atoms with van der Waals surface area (Å²) in [7, 11) is 5.10. The van der Waals surface area contributed by atoms with Crippen LogP contribution in [0.3, 0.4) is 0 Å². The Labute approximate surface area is 141 Å². The average molecular weight is 330 g/mol. The molecule has 1 fully saturated rings. The van der Waals surface area contributed by atoms with Crippen molar-refractivity contribution in [1.29, 1.82) is 0 Å². The highest BCUT2D eigenvalue weighted by Gasteiger charge is 2.30. The third-order valence-corrected chi connectivity index (χ3v) is 4.46. The van der Waals surface area contributed by atoms with Crippen molar-refractivity contribution in [3.63, 3.8) is 0 Å². The molecule has 0 saturated carbocycles. The largest absolute Gasteiger partial charge is 0.497 e. The van der Waals surface area contributed by atoms with Gasteiger partial charge in [0, 0.05) is 44.0 Å². The Bertz CT molecular complexity index is 677. The number of benzene rings is 1. The summed E-state index contributed by atoms with van der Waals surface area (Å²) in [6, 6.07) is 9.38. The highest BCUT2D eigenvalue weighted by molar-refractivity contribution is 5.91. The van der Waals surface area contributed by atoms with Crippen LogP contribution in [-0.2, 0) is 0 Å². The van der Waals surface area contributed by atoms with Crippen LogP contribution in [0.1, 0.15) is 17.0 Å². The smallest absolute Gasteiger partial charge is 0.289 e. The zero-order valence-electron chi connectivity index (χ0n) is 14.2. The van der Waals surface area contributed by atoms with Crippen molar-refractivity contribution in [3.8, 4) is 11.5 Å². The summed E-state index contributed by atoms with van der Waals surface area (Å²) in [4.78, 5) is 16.4. The van der Waals surface area contributed by atoms with E-state index in [4.69, 9.17) is 13.9 Å². The standard InChI is InChI=1S/C18H22N2O4/c1-19(18(21)17-5-4-8-24-17)13-6-7-20(12-13)14-9-15(22-2)11-16(10-14)23-3/h4-5,8-11,13H,6-7,12H2,1-3H3/t13-/m0/s1. The van der Waals surface area contributed by atoms with Gasteiger partial charge in [0.1, 0.15) is 11.5 Å². The Kier molecular flexibility index (Phi) is 4.64. The van der Waals surface area contributed by atoms with Gasteiger partial charge >= 0.3 is 0 Å². The van der Waals surface area contributed by atoms with E-state index >= 15 is 0 Å². The minimum atomic E-state index is -0.0879. The molecular weight excluding hydrogens is 308 g/mol. The van der Waals surface area contributed by atoms with Gasteiger partial charge in [-0.3, -0.25) is 4.79 Å². The summed E-state index contributed by atoms with van der Waals surface area (Å²) in [5.41, 5.74) is 1.03. The van der Waals surface area contributed by atoms with E-state index in [0.29, 0.717) is 5.76 Å². The van der Waals surface area contributed by atoms with E-state index in [-0.39, 0.29) is 11.9 Å². The molecular formula is C18H22N2O4. The van der Waals surface area contributed by atoms with Gasteiger partial charge in [-0.25, -0.2) is 0 Å². The third kappa shape index (κ3) is 3.18. The first-order valence-electron chi connectivity index (χ1n) is 7.91. The van der Waals surface area contributed by atoms with Gasteiger partial charge in [-0.05, 0) is 18.6 Å². The molecule has 1 aromatic carbocycles. The van der Waals surface area contributed by atoms with Crippen LogP contribution in [0.5, 0.6) is 11.5 Å². The van der Waals surface area contributed by atoms with Gasteiger partial charge < -0.3 is 23.7 Å². The number of ether oxygens (including phenoxy) is 2. The molecule has 0 N–H and O–H groups in total. The Morgan fingerprint density at radius 3 is 2.54 bits per heavy atom. The molecule has 1 aliphatic rings. The Morgan fingerprint density at radius 2 is 1.96 bits per heavy atom. The highest BCUT2D eigenvalue weighted by atomic mass is 16.5. The maximum atomic E-state index is 12.4. The zero-order valence-corrected chi connectivity index (χ0v) is 14.2. The lowest BCUT2D eigenvalue weighted by molar-refractivity contribution is 0.0713. The fourth-order valence-corrected chi connectivity index (χ4v) is 3.01. The molecule has 3 rings (SSSR count). The molecule has 1 aliphatic heterocycles. The SMILES string of the molecule is COc1cc(OC)cc(N2CC[C@H](N(C)C(=O)c3ccco3)C2)c1. The lowest BCUT2D eigenvalue weighted by atomic mass is 10.2. The molecule has 1 aromatic heterocycles. The van der Waals surface area contributed by atoms with Crippen molar-refractivity contribution in [2.75, 3.05) is 39.3 Å². The number of carbonyl (C=O) groups is 1. The molecule has 128 valence electrons. The first kappa shape index (κ1) is 16.2. The second-order valence-corrected chi connectivity index (χ2v) is 5.85. The third-order valence-electron chi connectivity index (χ3n) is 4.46. The van der Waals surface area contributed by atoms with E-state index in [1.54, 1.807) is 31.3 Å². The fraction of sp³-hybridized carbons (Fsp3) is 0.389. The molecule has 0 bridgehead atoms. The van der Waals surface area contributed by atoms with Gasteiger partial charge in [-0.2, -0.15) is 0 Å². The number of carbonyl (C=O) groups excluding carboxylic acids is 1. The number of hydrogen-bond donors (Lipinski definition) is 0. The number of nitrogens with zero attached hydrogens (tertiary/aromatic N) is 2. The molecule has 24 heavy (non-hydrogen) atoms. The molecule has 0 aliphatic carbocycles. The summed E-state index contributed by atoms with van der Waals surface area (Å²) in [6.07, 6.45) is 2.42. The van der Waals surface area contributed by atoms with E-state index in [0.717, 1.165) is 36.7 Å². The molecule has 1 saturated heterocycles. The van der Waals surface area contributed by atoms with E-state index in [2.05, 4.69) is 4.90 Å². The van der Waals surface area contributed by atoms with Crippen LogP contribution in [-0.4, -0.2) is 51.2 Å². The Hall–Kier alpha value is -2.63. The summed E-state index contributed by atoms with van der Waals surface area (Å²) in [6.45, 7) is 1.63. The van der Waals surface area contributed by atoms with Gasteiger partial charge in [-0.15, -0.1) is 0 Å². The average Bonchev–Trinajstić information content (AvgIpc) is 3.31. The van der Waals surface area contributed by atoms with Gasteiger partial charge in [0.15, 0.2) is 5.76 Å². The normalized spacial score (nSPS) is 17.0. The lowest BCUT2D eigenvalue weighted by Gasteiger charge is -2.25. The molecule has 0 unspecified atom stereocenters. The minimum Gasteiger partial charge on any atom is -0.497 e. The maximum Gasteiger partial charge on any atom is 0.289 e. The van der Waals surface area contributed by atoms with Crippen molar-refractivity contribution in [2.24, 2.45) is 0 Å². The van der Waals surface area contributed by atoms with Crippen molar-refractivity contribution >= 4 is 11.6 Å². The number of likely N-dealkylation sites (N-methyl/N-ethyl adjacent to an activating group) is 1. The fourth-order valence-electron chi connectivity index (χ4n) is 3.01. The number of amides is 1. The zero-order chi connectivity index (χ0) is 17.1. The number of furan rings is 1. The van der Waals surface area contributed by atoms with Crippen LogP contribution in [0, 0.1) is 0 Å². The number of rotatable bonds is 5. The molecule has 2 heterocycles. The number of methoxy groups -OCH3 is 2. The second kappa shape index (κ2) is 6.86. The van der Waals surface area contributed by atoms with Crippen LogP contribution in [0.4, 0.5) is 5.69 Å². The first-order chi connectivity index (χ1) is 11.6. The van der Waals surface area contributed by atoms with Crippen LogP contribution in [0.2, 0.25) is 0 Å². The first-order valence-corrected chi connectivity index (χ1v) is 7.91. The van der Waals surface area contributed by atoms with Gasteiger partial charge in [-0.1, -0.05) is 0 Å². The molecule has 6 heteroatoms. The van der Waals surface area contributed by atoms with Crippen LogP contribution in [0.15, 0.2) is 41.0 Å². The maximum absolute atomic E-state index is 12.4. The number of hydrogen-bond acceptors (Lipinski definition) is 5. The van der Waals surface area contributed by atoms with Gasteiger partial charge in [0.25, 0.3) is 5.91 Å². The Balaban J connectivity index is 1.72. The van der Waals surface area contributed by atoms with E-state index in [9.17, 15) is 4.79 Å². The quantitative estimate of drug-likeness (QED) is 0.843. The van der Waals surface area contributed by atoms with Crippen molar-refractivity contribution < 1.29 is 18.7 Å². The monoisotopic (exact) mass is 330 g/mol. The van der Waals surface area contributed by atoms with Crippen molar-refractivity contribution in [1.82, 2.24) is 4.90 Å². The van der Waals surface area contributed by atoms with Crippen molar-refractivity contribution in [2.45, 2.75) is 12.5 Å². The lowest BCUT2D eigenvalue weighted by Crippen LogP contribution is -2.38. The highest BCUT2D eigenvalue weighted by Crippen LogP contribution is 2.31. The van der Waals surface area contributed by atoms with E-state index in [1.165, 1.54) is 6.26 Å². The summed E-state index contributed by atoms with van der Waals surface area (Å²) in [5, 5.41) is 0. The Morgan fingerprint density at radius 1 is 1.25 bits per heavy atom. The molecule has 2 aromatic rings. The molecule has 6 nitrogen and oxygen atoms in total. The molecule has 0 spiro atoms. The predicted octanol–water partition coefficient (Wildman–Crippen LogP) is 2.65. The van der Waals surface area contributed by atoms with Crippen LogP contribution >= 0.6 is 0 Å². The van der Waals surface area contributed by atoms with Crippen LogP contribution < -0.4 is 14.4 Å². The van der Waals surface area contributed by atoms with E-state index in [1.807, 2.05) is 25.2 Å². The topological polar surface area (TPSA) is 55.2 Å². The molecule has 0 radical (unpaired) electrons. The van der Waals surface area contributed by atoms with Crippen LogP contribution in [0.25, 0.3) is 0 Å². The summed E-state index contributed by atoms with van der Waals surface area (Å²) < 4.78 is 15.9. The summed E-state index contributed by atoms with van der Waals surface area (Å²) >= 11 is 0. The van der Waals surface area contributed by atoms with Gasteiger partial charge in [0.2, 0.25) is 0 Å². The minimum absolute atomic E-state index is 0.0879. The van der Waals surface area contributed by atoms with Crippen molar-refractivity contribution in [3.05, 3.63) is 42.4 Å². The second-order valence-electron chi connectivity index (χ2n) is 5.85. The molecule has 1 amide bonds. The summed E-state index contributed by atoms with van der Waals surface area (Å²) in [5.74, 6) is 1.80. The molecule has 1 atom stereocenters. The predicted molar refractivity (Wildman–Crippen MR) is 91.0 cm³/mol.